The summed E-state index contributed by atoms with van der Waals surface area (Å²) in [5, 5.41) is 19.2. The van der Waals surface area contributed by atoms with Gasteiger partial charge in [0, 0.05) is 0 Å². The van der Waals surface area contributed by atoms with Crippen LogP contribution in [0.4, 0.5) is 0 Å². The molecule has 3 heteroatoms. The van der Waals surface area contributed by atoms with Crippen LogP contribution < -0.4 is 0 Å². The lowest BCUT2D eigenvalue weighted by Gasteiger charge is -2.39. The summed E-state index contributed by atoms with van der Waals surface area (Å²) >= 11 is 0. The van der Waals surface area contributed by atoms with E-state index in [0.717, 1.165) is 19.3 Å². The lowest BCUT2D eigenvalue weighted by Crippen LogP contribution is -2.46. The van der Waals surface area contributed by atoms with Crippen molar-refractivity contribution < 1.29 is 15.0 Å². The smallest absolute Gasteiger partial charge is 0.312 e. The Hall–Kier alpha value is -0.570. The summed E-state index contributed by atoms with van der Waals surface area (Å²) in [7, 11) is 0. The topological polar surface area (TPSA) is 57.5 Å². The van der Waals surface area contributed by atoms with Crippen molar-refractivity contribution in [3.63, 3.8) is 0 Å². The van der Waals surface area contributed by atoms with E-state index in [4.69, 9.17) is 0 Å². The van der Waals surface area contributed by atoms with Gasteiger partial charge in [0.2, 0.25) is 0 Å². The van der Waals surface area contributed by atoms with Gasteiger partial charge in [-0.2, -0.15) is 0 Å². The van der Waals surface area contributed by atoms with Gasteiger partial charge in [0.25, 0.3) is 0 Å². The molecule has 1 unspecified atom stereocenters. The number of rotatable bonds is 3. The van der Waals surface area contributed by atoms with E-state index in [2.05, 4.69) is 0 Å². The molecule has 1 atom stereocenters. The Morgan fingerprint density at radius 3 is 2.07 bits per heavy atom. The molecule has 3 nitrogen and oxygen atoms in total. The van der Waals surface area contributed by atoms with Crippen molar-refractivity contribution in [3.05, 3.63) is 0 Å². The number of aliphatic hydroxyl groups excluding tert-OH is 1. The van der Waals surface area contributed by atoms with Crippen LogP contribution in [0.25, 0.3) is 0 Å². The van der Waals surface area contributed by atoms with E-state index in [1.165, 1.54) is 0 Å². The zero-order valence-electron chi connectivity index (χ0n) is 8.99. The normalized spacial score (nSPS) is 23.4. The maximum Gasteiger partial charge on any atom is 0.312 e. The van der Waals surface area contributed by atoms with Crippen molar-refractivity contribution in [3.8, 4) is 0 Å². The average molecular weight is 200 g/mol. The molecule has 0 aliphatic heterocycles. The highest BCUT2D eigenvalue weighted by molar-refractivity contribution is 5.75. The number of hydrogen-bond acceptors (Lipinski definition) is 2. The van der Waals surface area contributed by atoms with Crippen LogP contribution in [0.3, 0.4) is 0 Å². The molecule has 0 bridgehead atoms. The Morgan fingerprint density at radius 2 is 1.71 bits per heavy atom. The highest BCUT2D eigenvalue weighted by Gasteiger charge is 2.46. The second-order valence-corrected chi connectivity index (χ2v) is 4.71. The molecule has 0 amide bonds. The molecular weight excluding hydrogens is 180 g/mol. The maximum absolute atomic E-state index is 11.3. The van der Waals surface area contributed by atoms with Crippen molar-refractivity contribution in [1.82, 2.24) is 0 Å². The lowest BCUT2D eigenvalue weighted by molar-refractivity contribution is -0.162. The van der Waals surface area contributed by atoms with E-state index >= 15 is 0 Å². The van der Waals surface area contributed by atoms with Gasteiger partial charge in [-0.1, -0.05) is 33.1 Å². The first-order chi connectivity index (χ1) is 6.50. The third-order valence-electron chi connectivity index (χ3n) is 3.37. The first-order valence-corrected chi connectivity index (χ1v) is 5.42. The number of aliphatic carboxylic acids is 1. The second-order valence-electron chi connectivity index (χ2n) is 4.71. The first-order valence-electron chi connectivity index (χ1n) is 5.42. The molecule has 1 aliphatic rings. The van der Waals surface area contributed by atoms with Crippen LogP contribution in [0.15, 0.2) is 0 Å². The van der Waals surface area contributed by atoms with E-state index < -0.39 is 17.5 Å². The fraction of sp³-hybridized carbons (Fsp3) is 0.909. The number of hydrogen-bond donors (Lipinski definition) is 2. The highest BCUT2D eigenvalue weighted by Crippen LogP contribution is 2.41. The maximum atomic E-state index is 11.3. The highest BCUT2D eigenvalue weighted by atomic mass is 16.4. The predicted molar refractivity (Wildman–Crippen MR) is 54.0 cm³/mol. The van der Waals surface area contributed by atoms with Crippen molar-refractivity contribution in [2.75, 3.05) is 0 Å². The van der Waals surface area contributed by atoms with Gasteiger partial charge < -0.3 is 10.2 Å². The molecule has 14 heavy (non-hydrogen) atoms. The molecule has 0 aromatic rings. The standard InChI is InChI=1S/C11H20O3/c1-8(2)9(12)11(10(13)14)6-4-3-5-7-11/h8-9,12H,3-7H2,1-2H3,(H,13,14). The summed E-state index contributed by atoms with van der Waals surface area (Å²) in [4.78, 5) is 11.3. The number of carboxylic acid groups (broad SMARTS) is 1. The third-order valence-corrected chi connectivity index (χ3v) is 3.37. The van der Waals surface area contributed by atoms with Gasteiger partial charge in [0.1, 0.15) is 0 Å². The van der Waals surface area contributed by atoms with Gasteiger partial charge in [-0.3, -0.25) is 4.79 Å². The molecule has 0 aromatic carbocycles. The Morgan fingerprint density at radius 1 is 1.21 bits per heavy atom. The number of carbonyl (C=O) groups is 1. The van der Waals surface area contributed by atoms with E-state index in [1.54, 1.807) is 0 Å². The first kappa shape index (κ1) is 11.5. The van der Waals surface area contributed by atoms with Gasteiger partial charge >= 0.3 is 5.97 Å². The van der Waals surface area contributed by atoms with Crippen LogP contribution in [0.2, 0.25) is 0 Å². The van der Waals surface area contributed by atoms with Gasteiger partial charge in [0.15, 0.2) is 0 Å². The lowest BCUT2D eigenvalue weighted by atomic mass is 9.67. The molecule has 0 heterocycles. The summed E-state index contributed by atoms with van der Waals surface area (Å²) in [5.74, 6) is -0.803. The van der Waals surface area contributed by atoms with Crippen LogP contribution in [0.5, 0.6) is 0 Å². The molecule has 1 rings (SSSR count). The fourth-order valence-electron chi connectivity index (χ4n) is 2.46. The third kappa shape index (κ3) is 1.92. The van der Waals surface area contributed by atoms with Gasteiger partial charge in [-0.15, -0.1) is 0 Å². The predicted octanol–water partition coefficient (Wildman–Crippen LogP) is 2.04. The van der Waals surface area contributed by atoms with Crippen LogP contribution in [0.1, 0.15) is 46.0 Å². The van der Waals surface area contributed by atoms with Gasteiger partial charge in [-0.25, -0.2) is 0 Å². The van der Waals surface area contributed by atoms with Crippen LogP contribution in [-0.4, -0.2) is 22.3 Å². The minimum atomic E-state index is -0.869. The zero-order chi connectivity index (χ0) is 10.8. The summed E-state index contributed by atoms with van der Waals surface area (Å²) in [5.41, 5.74) is -0.869. The molecule has 2 N–H and O–H groups in total. The van der Waals surface area contributed by atoms with Crippen LogP contribution in [-0.2, 0) is 4.79 Å². The molecule has 1 saturated carbocycles. The molecule has 0 saturated heterocycles. The van der Waals surface area contributed by atoms with Crippen LogP contribution >= 0.6 is 0 Å². The zero-order valence-corrected chi connectivity index (χ0v) is 8.99. The monoisotopic (exact) mass is 200 g/mol. The minimum Gasteiger partial charge on any atom is -0.481 e. The Labute approximate surface area is 85.1 Å². The van der Waals surface area contributed by atoms with Crippen molar-refractivity contribution in [2.45, 2.75) is 52.1 Å². The SMILES string of the molecule is CC(C)C(O)C1(C(=O)O)CCCCC1. The quantitative estimate of drug-likeness (QED) is 0.733. The van der Waals surface area contributed by atoms with Crippen molar-refractivity contribution in [1.29, 1.82) is 0 Å². The van der Waals surface area contributed by atoms with Crippen molar-refractivity contribution in [2.24, 2.45) is 11.3 Å². The summed E-state index contributed by atoms with van der Waals surface area (Å²) in [6.45, 7) is 3.76. The second kappa shape index (κ2) is 4.30. The van der Waals surface area contributed by atoms with Crippen LogP contribution in [0, 0.1) is 11.3 Å². The molecule has 0 spiro atoms. The van der Waals surface area contributed by atoms with Gasteiger partial charge in [0.05, 0.1) is 11.5 Å². The Kier molecular flexibility index (Phi) is 3.53. The van der Waals surface area contributed by atoms with E-state index in [0.29, 0.717) is 12.8 Å². The molecule has 82 valence electrons. The van der Waals surface area contributed by atoms with Gasteiger partial charge in [-0.05, 0) is 18.8 Å². The molecule has 1 aliphatic carbocycles. The summed E-state index contributed by atoms with van der Waals surface area (Å²) in [6, 6.07) is 0. The van der Waals surface area contributed by atoms with Crippen molar-refractivity contribution >= 4 is 5.97 Å². The molecular formula is C11H20O3. The Balaban J connectivity index is 2.85. The minimum absolute atomic E-state index is 0.0178. The Bertz CT molecular complexity index is 205. The van der Waals surface area contributed by atoms with E-state index in [1.807, 2.05) is 13.8 Å². The average Bonchev–Trinajstić information content (AvgIpc) is 2.17. The summed E-state index contributed by atoms with van der Waals surface area (Å²) in [6.07, 6.45) is 3.50. The fourth-order valence-corrected chi connectivity index (χ4v) is 2.46. The van der Waals surface area contributed by atoms with E-state index in [-0.39, 0.29) is 5.92 Å². The largest absolute Gasteiger partial charge is 0.481 e. The number of aliphatic hydroxyl groups is 1. The van der Waals surface area contributed by atoms with E-state index in [9.17, 15) is 15.0 Å². The molecule has 0 radical (unpaired) electrons. The molecule has 0 aromatic heterocycles. The summed E-state index contributed by atoms with van der Waals surface area (Å²) < 4.78 is 0. The number of carboxylic acids is 1. The molecule has 1 fully saturated rings.